The van der Waals surface area contributed by atoms with Crippen molar-refractivity contribution in [2.45, 2.75) is 50.2 Å². The number of nitrogens with zero attached hydrogens (tertiary/aromatic N) is 5. The molecule has 2 fully saturated rings. The van der Waals surface area contributed by atoms with E-state index in [1.807, 2.05) is 27.9 Å². The molecule has 0 unspecified atom stereocenters. The average Bonchev–Trinajstić information content (AvgIpc) is 3.35. The summed E-state index contributed by atoms with van der Waals surface area (Å²) >= 11 is 0. The van der Waals surface area contributed by atoms with E-state index in [1.165, 1.54) is 18.4 Å². The number of hydrogen-bond donors (Lipinski definition) is 0. The molecule has 2 atom stereocenters. The SMILES string of the molecule is O=C1N2Cc3cn(nn3)CCCOc3cccc(c3)[C@@H]3N(CC4CC4)CC[C@@]13c1ccccc12. The summed E-state index contributed by atoms with van der Waals surface area (Å²) in [6, 6.07) is 16.8. The minimum Gasteiger partial charge on any atom is -0.494 e. The summed E-state index contributed by atoms with van der Waals surface area (Å²) in [5, 5.41) is 8.68. The van der Waals surface area contributed by atoms with Crippen LogP contribution in [0.25, 0.3) is 0 Å². The highest BCUT2D eigenvalue weighted by molar-refractivity contribution is 6.09. The van der Waals surface area contributed by atoms with Gasteiger partial charge >= 0.3 is 0 Å². The van der Waals surface area contributed by atoms with Crippen molar-refractivity contribution in [3.63, 3.8) is 0 Å². The van der Waals surface area contributed by atoms with E-state index in [9.17, 15) is 4.79 Å². The molecule has 4 aliphatic rings. The van der Waals surface area contributed by atoms with Crippen LogP contribution in [0.3, 0.4) is 0 Å². The number of aryl methyl sites for hydroxylation is 1. The predicted octanol–water partition coefficient (Wildman–Crippen LogP) is 3.70. The number of ether oxygens (including phenoxy) is 1. The molecule has 1 aliphatic carbocycles. The van der Waals surface area contributed by atoms with Gasteiger partial charge in [0.1, 0.15) is 11.4 Å². The number of rotatable bonds is 2. The highest BCUT2D eigenvalue weighted by atomic mass is 16.5. The van der Waals surface area contributed by atoms with Gasteiger partial charge in [-0.1, -0.05) is 35.5 Å². The van der Waals surface area contributed by atoms with Crippen LogP contribution in [-0.4, -0.2) is 45.5 Å². The Morgan fingerprint density at radius 2 is 2.00 bits per heavy atom. The number of para-hydroxylation sites is 1. The Hall–Kier alpha value is -3.19. The first-order valence-corrected chi connectivity index (χ1v) is 12.5. The summed E-state index contributed by atoms with van der Waals surface area (Å²) in [5.41, 5.74) is 3.56. The Morgan fingerprint density at radius 1 is 1.09 bits per heavy atom. The Balaban J connectivity index is 1.41. The molecule has 174 valence electrons. The normalized spacial score (nSPS) is 26.4. The maximum Gasteiger partial charge on any atom is 0.240 e. The zero-order chi connectivity index (χ0) is 22.7. The van der Waals surface area contributed by atoms with E-state index in [4.69, 9.17) is 4.74 Å². The minimum absolute atomic E-state index is 0.00360. The van der Waals surface area contributed by atoms with Gasteiger partial charge in [0.15, 0.2) is 0 Å². The van der Waals surface area contributed by atoms with Gasteiger partial charge in [0, 0.05) is 31.7 Å². The maximum absolute atomic E-state index is 14.5. The quantitative estimate of drug-likeness (QED) is 0.590. The number of amides is 1. The van der Waals surface area contributed by atoms with E-state index in [1.54, 1.807) is 0 Å². The summed E-state index contributed by atoms with van der Waals surface area (Å²) < 4.78 is 8.00. The number of carbonyl (C=O) groups excluding carboxylic acids is 1. The summed E-state index contributed by atoms with van der Waals surface area (Å²) in [6.07, 6.45) is 6.23. The topological polar surface area (TPSA) is 63.5 Å². The molecule has 1 aromatic heterocycles. The Bertz CT molecular complexity index is 1250. The van der Waals surface area contributed by atoms with Crippen molar-refractivity contribution in [2.24, 2.45) is 5.92 Å². The molecule has 1 amide bonds. The van der Waals surface area contributed by atoms with Crippen LogP contribution >= 0.6 is 0 Å². The first-order chi connectivity index (χ1) is 16.7. The third kappa shape index (κ3) is 3.10. The molecule has 7 rings (SSSR count). The van der Waals surface area contributed by atoms with Gasteiger partial charge in [0.05, 0.1) is 30.8 Å². The molecule has 4 heterocycles. The van der Waals surface area contributed by atoms with Crippen molar-refractivity contribution in [3.05, 3.63) is 71.5 Å². The summed E-state index contributed by atoms with van der Waals surface area (Å²) in [4.78, 5) is 19.0. The van der Waals surface area contributed by atoms with Crippen LogP contribution in [0.5, 0.6) is 5.75 Å². The van der Waals surface area contributed by atoms with Crippen molar-refractivity contribution in [1.29, 1.82) is 0 Å². The largest absolute Gasteiger partial charge is 0.494 e. The van der Waals surface area contributed by atoms with Crippen LogP contribution in [0.2, 0.25) is 0 Å². The Labute approximate surface area is 199 Å². The molecule has 6 bridgehead atoms. The van der Waals surface area contributed by atoms with E-state index < -0.39 is 5.41 Å². The molecule has 1 saturated carbocycles. The zero-order valence-corrected chi connectivity index (χ0v) is 19.3. The van der Waals surface area contributed by atoms with Crippen molar-refractivity contribution < 1.29 is 9.53 Å². The van der Waals surface area contributed by atoms with Crippen LogP contribution in [-0.2, 0) is 23.3 Å². The monoisotopic (exact) mass is 455 g/mol. The second-order valence-corrected chi connectivity index (χ2v) is 10.2. The number of hydrogen-bond acceptors (Lipinski definition) is 5. The molecule has 1 saturated heterocycles. The first kappa shape index (κ1) is 20.2. The van der Waals surface area contributed by atoms with Crippen molar-refractivity contribution >= 4 is 11.6 Å². The molecule has 1 spiro atoms. The van der Waals surface area contributed by atoms with Crippen LogP contribution in [0, 0.1) is 5.92 Å². The van der Waals surface area contributed by atoms with Gasteiger partial charge in [0.2, 0.25) is 5.91 Å². The van der Waals surface area contributed by atoms with Crippen LogP contribution < -0.4 is 9.64 Å². The third-order valence-electron chi connectivity index (χ3n) is 8.00. The lowest BCUT2D eigenvalue weighted by Gasteiger charge is -2.35. The molecule has 7 nitrogen and oxygen atoms in total. The zero-order valence-electron chi connectivity index (χ0n) is 19.3. The molecule has 0 N–H and O–H groups in total. The summed E-state index contributed by atoms with van der Waals surface area (Å²) in [5.74, 6) is 1.81. The fourth-order valence-electron chi connectivity index (χ4n) is 6.31. The lowest BCUT2D eigenvalue weighted by atomic mass is 9.72. The Morgan fingerprint density at radius 3 is 2.91 bits per heavy atom. The molecule has 7 heteroatoms. The number of anilines is 1. The van der Waals surface area contributed by atoms with Crippen molar-refractivity contribution in [3.8, 4) is 5.75 Å². The van der Waals surface area contributed by atoms with Crippen molar-refractivity contribution in [2.75, 3.05) is 24.6 Å². The van der Waals surface area contributed by atoms with Crippen LogP contribution in [0.4, 0.5) is 5.69 Å². The van der Waals surface area contributed by atoms with Crippen LogP contribution in [0.1, 0.15) is 48.5 Å². The maximum atomic E-state index is 14.5. The lowest BCUT2D eigenvalue weighted by Crippen LogP contribution is -2.44. The number of likely N-dealkylation sites (tertiary alicyclic amines) is 1. The molecule has 3 aliphatic heterocycles. The Kier molecular flexibility index (Phi) is 4.56. The van der Waals surface area contributed by atoms with E-state index in [0.717, 1.165) is 61.1 Å². The second-order valence-electron chi connectivity index (χ2n) is 10.2. The summed E-state index contributed by atoms with van der Waals surface area (Å²) in [6.45, 7) is 3.79. The molecule has 3 aromatic rings. The van der Waals surface area contributed by atoms with Crippen molar-refractivity contribution in [1.82, 2.24) is 19.9 Å². The highest BCUT2D eigenvalue weighted by Crippen LogP contribution is 2.57. The fraction of sp³-hybridized carbons (Fsp3) is 0.444. The van der Waals surface area contributed by atoms with Gasteiger partial charge in [-0.3, -0.25) is 14.4 Å². The van der Waals surface area contributed by atoms with Crippen LogP contribution in [0.15, 0.2) is 54.7 Å². The van der Waals surface area contributed by atoms with E-state index in [-0.39, 0.29) is 11.9 Å². The minimum atomic E-state index is -0.597. The van der Waals surface area contributed by atoms with Gasteiger partial charge < -0.3 is 9.64 Å². The summed E-state index contributed by atoms with van der Waals surface area (Å²) in [7, 11) is 0. The fourth-order valence-corrected chi connectivity index (χ4v) is 6.31. The second kappa shape index (κ2) is 7.67. The molecule has 0 radical (unpaired) electrons. The molecule has 34 heavy (non-hydrogen) atoms. The van der Waals surface area contributed by atoms with E-state index >= 15 is 0 Å². The lowest BCUT2D eigenvalue weighted by molar-refractivity contribution is -0.124. The van der Waals surface area contributed by atoms with E-state index in [0.29, 0.717) is 13.2 Å². The molecule has 2 aromatic carbocycles. The first-order valence-electron chi connectivity index (χ1n) is 12.5. The molecular weight excluding hydrogens is 426 g/mol. The number of aromatic nitrogens is 3. The van der Waals surface area contributed by atoms with Gasteiger partial charge in [0.25, 0.3) is 0 Å². The molecular formula is C27H29N5O2. The number of fused-ring (bicyclic) bond motifs is 8. The highest BCUT2D eigenvalue weighted by Gasteiger charge is 2.60. The number of carbonyl (C=O) groups is 1. The van der Waals surface area contributed by atoms with Gasteiger partial charge in [-0.15, -0.1) is 5.10 Å². The van der Waals surface area contributed by atoms with Gasteiger partial charge in [-0.25, -0.2) is 0 Å². The van der Waals surface area contributed by atoms with Gasteiger partial charge in [-0.2, -0.15) is 0 Å². The predicted molar refractivity (Wildman–Crippen MR) is 128 cm³/mol. The average molecular weight is 456 g/mol. The van der Waals surface area contributed by atoms with E-state index in [2.05, 4.69) is 51.6 Å². The number of benzene rings is 2. The smallest absolute Gasteiger partial charge is 0.240 e. The third-order valence-corrected chi connectivity index (χ3v) is 8.00. The standard InChI is InChI=1S/C27H29N5O2/c33-26-27-11-13-30(16-19-9-10-19)25(27)20-5-3-6-22(15-20)34-14-4-12-31-17-21(28-29-31)18-32(26)24-8-2-1-7-23(24)27/h1-3,5-8,15,17,19,25H,4,9-14,16,18H2/t25-,27-/m0/s1. The van der Waals surface area contributed by atoms with Gasteiger partial charge in [-0.05, 0) is 54.5 Å².